The molecule has 258 valence electrons. The summed E-state index contributed by atoms with van der Waals surface area (Å²) in [5.41, 5.74) is 5.08. The third kappa shape index (κ3) is 10.5. The SMILES string of the molecule is CC(=O)C(Cc1ccccc1)NC(=O)NCc1ccc(C2OC(CN(C)CC(O)c3cccc(O)c3)CC(c3ccc(CO)cc3)O2)cc1. The fraction of sp³-hybridized carbons (Fsp3) is 0.333. The van der Waals surface area contributed by atoms with Crippen LogP contribution >= 0.6 is 0 Å². The van der Waals surface area contributed by atoms with E-state index in [9.17, 15) is 24.9 Å². The number of ketones is 1. The molecular formula is C39H45N3O7. The van der Waals surface area contributed by atoms with Gasteiger partial charge in [0.2, 0.25) is 0 Å². The molecule has 5 N–H and O–H groups in total. The molecular weight excluding hydrogens is 622 g/mol. The molecule has 10 nitrogen and oxygen atoms in total. The zero-order valence-electron chi connectivity index (χ0n) is 27.9. The number of carbonyl (C=O) groups is 2. The minimum Gasteiger partial charge on any atom is -0.508 e. The van der Waals surface area contributed by atoms with Crippen molar-refractivity contribution in [1.29, 1.82) is 0 Å². The number of phenolic OH excluding ortho intramolecular Hbond substituents is 1. The second kappa shape index (κ2) is 17.2. The number of likely N-dealkylation sites (N-methyl/N-ethyl adjacent to an activating group) is 1. The zero-order valence-corrected chi connectivity index (χ0v) is 27.9. The number of aromatic hydroxyl groups is 1. The second-order valence-electron chi connectivity index (χ2n) is 12.6. The van der Waals surface area contributed by atoms with Crippen molar-refractivity contribution in [3.8, 4) is 5.75 Å². The molecule has 2 amide bonds. The maximum atomic E-state index is 12.7. The third-order valence-corrected chi connectivity index (χ3v) is 8.65. The number of urea groups is 1. The number of aliphatic hydroxyl groups excluding tert-OH is 2. The highest BCUT2D eigenvalue weighted by molar-refractivity contribution is 5.87. The molecule has 5 rings (SSSR count). The minimum atomic E-state index is -0.782. The van der Waals surface area contributed by atoms with Crippen LogP contribution in [0.1, 0.15) is 65.2 Å². The van der Waals surface area contributed by atoms with E-state index in [0.717, 1.165) is 27.8 Å². The summed E-state index contributed by atoms with van der Waals surface area (Å²) in [6, 6.07) is 30.5. The summed E-state index contributed by atoms with van der Waals surface area (Å²) >= 11 is 0. The van der Waals surface area contributed by atoms with Crippen LogP contribution < -0.4 is 10.6 Å². The maximum absolute atomic E-state index is 12.7. The number of amides is 2. The van der Waals surface area contributed by atoms with Crippen molar-refractivity contribution < 1.29 is 34.4 Å². The Morgan fingerprint density at radius 3 is 2.24 bits per heavy atom. The lowest BCUT2D eigenvalue weighted by Gasteiger charge is -2.38. The van der Waals surface area contributed by atoms with E-state index < -0.39 is 24.5 Å². The predicted molar refractivity (Wildman–Crippen MR) is 185 cm³/mol. The number of ether oxygens (including phenoxy) is 2. The number of Topliss-reactive ketones (excluding diaryl/α,β-unsaturated/α-hetero) is 1. The number of nitrogens with one attached hydrogen (secondary N) is 2. The first-order chi connectivity index (χ1) is 23.7. The van der Waals surface area contributed by atoms with Gasteiger partial charge in [0.25, 0.3) is 0 Å². The molecule has 1 saturated heterocycles. The van der Waals surface area contributed by atoms with E-state index in [1.165, 1.54) is 6.92 Å². The number of hydrogen-bond acceptors (Lipinski definition) is 8. The molecule has 1 heterocycles. The quantitative estimate of drug-likeness (QED) is 0.125. The number of aliphatic hydroxyl groups is 2. The number of carbonyl (C=O) groups excluding carboxylic acids is 2. The molecule has 5 unspecified atom stereocenters. The molecule has 10 heteroatoms. The Balaban J connectivity index is 1.21. The lowest BCUT2D eigenvalue weighted by Crippen LogP contribution is -2.46. The van der Waals surface area contributed by atoms with Gasteiger partial charge < -0.3 is 40.3 Å². The largest absolute Gasteiger partial charge is 0.508 e. The monoisotopic (exact) mass is 667 g/mol. The summed E-state index contributed by atoms with van der Waals surface area (Å²) in [5, 5.41) is 35.8. The maximum Gasteiger partial charge on any atom is 0.315 e. The van der Waals surface area contributed by atoms with Crippen LogP contribution in [0.5, 0.6) is 5.75 Å². The number of hydrogen-bond donors (Lipinski definition) is 5. The van der Waals surface area contributed by atoms with Crippen LogP contribution in [0.4, 0.5) is 4.79 Å². The Morgan fingerprint density at radius 1 is 0.878 bits per heavy atom. The fourth-order valence-corrected chi connectivity index (χ4v) is 5.92. The Bertz CT molecular complexity index is 1650. The van der Waals surface area contributed by atoms with Gasteiger partial charge in [-0.25, -0.2) is 4.79 Å². The zero-order chi connectivity index (χ0) is 34.8. The van der Waals surface area contributed by atoms with Crippen LogP contribution in [-0.2, 0) is 33.8 Å². The molecule has 5 atom stereocenters. The standard InChI is InChI=1S/C39H45N3O7/c1-26(44)35(19-27-7-4-3-5-8-27)41-39(47)40-22-28-11-17-31(18-12-28)38-48-34(21-37(49-38)30-15-13-29(25-43)14-16-30)23-42(2)24-36(46)32-9-6-10-33(45)20-32/h3-18,20,34-38,43,45-46H,19,21-25H2,1-2H3,(H2,40,41,47). The topological polar surface area (TPSA) is 141 Å². The van der Waals surface area contributed by atoms with Gasteiger partial charge in [-0.15, -0.1) is 0 Å². The molecule has 49 heavy (non-hydrogen) atoms. The van der Waals surface area contributed by atoms with Gasteiger partial charge >= 0.3 is 6.03 Å². The number of rotatable bonds is 14. The lowest BCUT2D eigenvalue weighted by molar-refractivity contribution is -0.252. The summed E-state index contributed by atoms with van der Waals surface area (Å²) in [6.45, 7) is 2.58. The molecule has 0 aromatic heterocycles. The van der Waals surface area contributed by atoms with Crippen LogP contribution in [0.2, 0.25) is 0 Å². The second-order valence-corrected chi connectivity index (χ2v) is 12.6. The van der Waals surface area contributed by atoms with Gasteiger partial charge in [0.15, 0.2) is 12.1 Å². The first kappa shape index (κ1) is 35.7. The normalized spacial score (nSPS) is 18.8. The molecule has 0 spiro atoms. The molecule has 1 aliphatic heterocycles. The molecule has 0 saturated carbocycles. The summed E-state index contributed by atoms with van der Waals surface area (Å²) in [6.07, 6.45) is -0.931. The van der Waals surface area contributed by atoms with Gasteiger partial charge in [-0.1, -0.05) is 91.0 Å². The van der Waals surface area contributed by atoms with Gasteiger partial charge in [-0.3, -0.25) is 4.79 Å². The van der Waals surface area contributed by atoms with Crippen molar-refractivity contribution >= 4 is 11.8 Å². The van der Waals surface area contributed by atoms with Crippen molar-refractivity contribution in [2.75, 3.05) is 20.1 Å². The van der Waals surface area contributed by atoms with Gasteiger partial charge in [0.1, 0.15) is 5.75 Å². The van der Waals surface area contributed by atoms with E-state index in [1.54, 1.807) is 24.3 Å². The van der Waals surface area contributed by atoms with Crippen LogP contribution in [0.25, 0.3) is 0 Å². The van der Waals surface area contributed by atoms with Crippen molar-refractivity contribution in [2.24, 2.45) is 0 Å². The molecule has 0 aliphatic carbocycles. The summed E-state index contributed by atoms with van der Waals surface area (Å²) in [7, 11) is 1.92. The average Bonchev–Trinajstić information content (AvgIpc) is 3.11. The summed E-state index contributed by atoms with van der Waals surface area (Å²) in [5.74, 6) is -0.00831. The average molecular weight is 668 g/mol. The van der Waals surface area contributed by atoms with E-state index in [2.05, 4.69) is 10.6 Å². The van der Waals surface area contributed by atoms with Crippen molar-refractivity contribution in [2.45, 2.75) is 63.6 Å². The van der Waals surface area contributed by atoms with Gasteiger partial charge in [-0.05, 0) is 60.3 Å². The van der Waals surface area contributed by atoms with E-state index in [0.29, 0.717) is 31.5 Å². The molecule has 4 aromatic rings. The molecule has 4 aromatic carbocycles. The highest BCUT2D eigenvalue weighted by Gasteiger charge is 2.33. The van der Waals surface area contributed by atoms with Crippen LogP contribution in [0.3, 0.4) is 0 Å². The number of nitrogens with zero attached hydrogens (tertiary/aromatic N) is 1. The smallest absolute Gasteiger partial charge is 0.315 e. The Hall–Kier alpha value is -4.58. The highest BCUT2D eigenvalue weighted by Crippen LogP contribution is 2.38. The Labute approximate surface area is 287 Å². The molecule has 0 radical (unpaired) electrons. The number of phenols is 1. The Morgan fingerprint density at radius 2 is 1.57 bits per heavy atom. The lowest BCUT2D eigenvalue weighted by atomic mass is 9.99. The first-order valence-corrected chi connectivity index (χ1v) is 16.5. The van der Waals surface area contributed by atoms with Crippen molar-refractivity contribution in [3.05, 3.63) is 137 Å². The molecule has 1 aliphatic rings. The predicted octanol–water partition coefficient (Wildman–Crippen LogP) is 5.09. The molecule has 1 fully saturated rings. The number of benzene rings is 4. The van der Waals surface area contributed by atoms with Gasteiger partial charge in [-0.2, -0.15) is 0 Å². The van der Waals surface area contributed by atoms with E-state index >= 15 is 0 Å². The Kier molecular flexibility index (Phi) is 12.5. The minimum absolute atomic E-state index is 0.0413. The first-order valence-electron chi connectivity index (χ1n) is 16.5. The van der Waals surface area contributed by atoms with Crippen LogP contribution in [0, 0.1) is 0 Å². The van der Waals surface area contributed by atoms with E-state index in [4.69, 9.17) is 9.47 Å². The summed E-state index contributed by atoms with van der Waals surface area (Å²) in [4.78, 5) is 26.9. The third-order valence-electron chi connectivity index (χ3n) is 8.65. The van der Waals surface area contributed by atoms with Crippen LogP contribution in [0.15, 0.2) is 103 Å². The van der Waals surface area contributed by atoms with E-state index in [1.807, 2.05) is 90.8 Å². The van der Waals surface area contributed by atoms with Crippen LogP contribution in [-0.4, -0.2) is 64.3 Å². The van der Waals surface area contributed by atoms with Crippen molar-refractivity contribution in [3.63, 3.8) is 0 Å². The van der Waals surface area contributed by atoms with Crippen molar-refractivity contribution in [1.82, 2.24) is 15.5 Å². The van der Waals surface area contributed by atoms with Gasteiger partial charge in [0.05, 0.1) is 31.0 Å². The molecule has 0 bridgehead atoms. The fourth-order valence-electron chi connectivity index (χ4n) is 5.92. The highest BCUT2D eigenvalue weighted by atomic mass is 16.7. The van der Waals surface area contributed by atoms with E-state index in [-0.39, 0.29) is 36.9 Å². The summed E-state index contributed by atoms with van der Waals surface area (Å²) < 4.78 is 12.9. The van der Waals surface area contributed by atoms with Gasteiger partial charge in [0, 0.05) is 31.6 Å².